The van der Waals surface area contributed by atoms with Crippen molar-refractivity contribution in [3.8, 4) is 5.75 Å². The van der Waals surface area contributed by atoms with Gasteiger partial charge in [0.1, 0.15) is 5.75 Å². The minimum Gasteiger partial charge on any atom is -0.493 e. The largest absolute Gasteiger partial charge is 0.493 e. The summed E-state index contributed by atoms with van der Waals surface area (Å²) in [6.07, 6.45) is 2.73. The lowest BCUT2D eigenvalue weighted by molar-refractivity contribution is 0.357. The molecule has 11 heavy (non-hydrogen) atoms. The van der Waals surface area contributed by atoms with Gasteiger partial charge in [0, 0.05) is 17.5 Å². The number of rotatable bonds is 1. The van der Waals surface area contributed by atoms with Crippen LogP contribution in [0.25, 0.3) is 0 Å². The first kappa shape index (κ1) is 6.40. The quantitative estimate of drug-likeness (QED) is 0.594. The van der Waals surface area contributed by atoms with Gasteiger partial charge in [-0.1, -0.05) is 12.1 Å². The number of fused-ring (bicyclic) bond motifs is 1. The van der Waals surface area contributed by atoms with Crippen LogP contribution in [0.5, 0.6) is 5.75 Å². The van der Waals surface area contributed by atoms with E-state index >= 15 is 0 Å². The molecule has 0 fully saturated rings. The van der Waals surface area contributed by atoms with E-state index < -0.39 is 0 Å². The zero-order valence-corrected chi connectivity index (χ0v) is 5.96. The summed E-state index contributed by atoms with van der Waals surface area (Å²) in [7, 11) is 0. The third-order valence-corrected chi connectivity index (χ3v) is 1.85. The van der Waals surface area contributed by atoms with E-state index in [4.69, 9.17) is 4.74 Å². The molecule has 2 rings (SSSR count). The van der Waals surface area contributed by atoms with E-state index in [1.165, 1.54) is 0 Å². The van der Waals surface area contributed by atoms with Crippen LogP contribution in [-0.4, -0.2) is 12.9 Å². The molecule has 2 nitrogen and oxygen atoms in total. The van der Waals surface area contributed by atoms with Gasteiger partial charge in [0.2, 0.25) is 6.29 Å². The summed E-state index contributed by atoms with van der Waals surface area (Å²) in [6, 6.07) is 5.45. The zero-order valence-electron chi connectivity index (χ0n) is 5.96. The maximum Gasteiger partial charge on any atom is 0.233 e. The van der Waals surface area contributed by atoms with Crippen LogP contribution in [0.15, 0.2) is 18.2 Å². The fourth-order valence-electron chi connectivity index (χ4n) is 1.32. The molecule has 0 atom stereocenters. The van der Waals surface area contributed by atoms with Gasteiger partial charge in [-0.25, -0.2) is 0 Å². The molecule has 1 radical (unpaired) electrons. The topological polar surface area (TPSA) is 26.3 Å². The molecule has 0 spiro atoms. The molecule has 1 aliphatic rings. The number of benzene rings is 1. The standard InChI is InChI=1S/C9H7O2/c10-6-7-2-1-3-9-8(7)4-5-11-9/h1-3H,4-5H2. The van der Waals surface area contributed by atoms with Crippen molar-refractivity contribution in [1.29, 1.82) is 0 Å². The molecule has 0 unspecified atom stereocenters. The first-order chi connectivity index (χ1) is 5.42. The molecule has 0 aliphatic carbocycles. The lowest BCUT2D eigenvalue weighted by Crippen LogP contribution is -1.88. The van der Waals surface area contributed by atoms with Crippen molar-refractivity contribution < 1.29 is 9.53 Å². The van der Waals surface area contributed by atoms with Gasteiger partial charge >= 0.3 is 0 Å². The Balaban J connectivity index is 2.58. The maximum atomic E-state index is 10.4. The van der Waals surface area contributed by atoms with Crippen molar-refractivity contribution in [3.05, 3.63) is 29.3 Å². The Hall–Kier alpha value is -1.31. The zero-order chi connectivity index (χ0) is 7.68. The van der Waals surface area contributed by atoms with Crippen LogP contribution >= 0.6 is 0 Å². The fourth-order valence-corrected chi connectivity index (χ4v) is 1.32. The Labute approximate surface area is 64.8 Å². The maximum absolute atomic E-state index is 10.4. The van der Waals surface area contributed by atoms with Gasteiger partial charge in [-0.15, -0.1) is 0 Å². The number of carbonyl (C=O) groups excluding carboxylic acids is 1. The van der Waals surface area contributed by atoms with Crippen molar-refractivity contribution in [2.24, 2.45) is 0 Å². The molecule has 55 valence electrons. The fraction of sp³-hybridized carbons (Fsp3) is 0.222. The van der Waals surface area contributed by atoms with Gasteiger partial charge in [0.25, 0.3) is 0 Å². The molecule has 0 amide bonds. The highest BCUT2D eigenvalue weighted by Crippen LogP contribution is 2.26. The summed E-state index contributed by atoms with van der Waals surface area (Å²) in [5.74, 6) is 0.839. The predicted octanol–water partition coefficient (Wildman–Crippen LogP) is 1.08. The van der Waals surface area contributed by atoms with Crippen LogP contribution in [0.1, 0.15) is 11.1 Å². The van der Waals surface area contributed by atoms with Crippen LogP contribution in [0.3, 0.4) is 0 Å². The van der Waals surface area contributed by atoms with E-state index in [1.54, 1.807) is 6.07 Å². The SMILES string of the molecule is O=[C]c1cccc2c1CCO2. The van der Waals surface area contributed by atoms with Crippen LogP contribution in [0.2, 0.25) is 0 Å². The third-order valence-electron chi connectivity index (χ3n) is 1.85. The molecular weight excluding hydrogens is 140 g/mol. The first-order valence-corrected chi connectivity index (χ1v) is 3.54. The van der Waals surface area contributed by atoms with Crippen LogP contribution in [0, 0.1) is 0 Å². The van der Waals surface area contributed by atoms with E-state index in [0.29, 0.717) is 12.2 Å². The second-order valence-electron chi connectivity index (χ2n) is 2.48. The molecule has 0 bridgehead atoms. The van der Waals surface area contributed by atoms with Crippen molar-refractivity contribution in [1.82, 2.24) is 0 Å². The number of hydrogen-bond acceptors (Lipinski definition) is 2. The summed E-state index contributed by atoms with van der Waals surface area (Å²) in [5, 5.41) is 0. The second kappa shape index (κ2) is 2.38. The van der Waals surface area contributed by atoms with Gasteiger partial charge in [0.05, 0.1) is 6.61 Å². The van der Waals surface area contributed by atoms with E-state index in [9.17, 15) is 4.79 Å². The number of hydrogen-bond donors (Lipinski definition) is 0. The summed E-state index contributed by atoms with van der Waals surface area (Å²) in [4.78, 5) is 10.4. The second-order valence-corrected chi connectivity index (χ2v) is 2.48. The highest BCUT2D eigenvalue weighted by molar-refractivity contribution is 5.79. The number of ether oxygens (including phenoxy) is 1. The molecule has 1 aromatic carbocycles. The highest BCUT2D eigenvalue weighted by Gasteiger charge is 2.14. The Morgan fingerprint density at radius 2 is 2.36 bits per heavy atom. The van der Waals surface area contributed by atoms with E-state index in [2.05, 4.69) is 0 Å². The van der Waals surface area contributed by atoms with Crippen molar-refractivity contribution in [2.45, 2.75) is 6.42 Å². The molecule has 0 saturated heterocycles. The molecule has 1 heterocycles. The Morgan fingerprint density at radius 3 is 3.18 bits per heavy atom. The van der Waals surface area contributed by atoms with Crippen molar-refractivity contribution in [3.63, 3.8) is 0 Å². The van der Waals surface area contributed by atoms with Crippen LogP contribution < -0.4 is 4.74 Å². The lowest BCUT2D eigenvalue weighted by Gasteiger charge is -1.97. The third kappa shape index (κ3) is 0.909. The predicted molar refractivity (Wildman–Crippen MR) is 40.4 cm³/mol. The molecular formula is C9H7O2. The molecule has 0 N–H and O–H groups in total. The first-order valence-electron chi connectivity index (χ1n) is 3.54. The van der Waals surface area contributed by atoms with Crippen molar-refractivity contribution in [2.75, 3.05) is 6.61 Å². The average molecular weight is 147 g/mol. The summed E-state index contributed by atoms with van der Waals surface area (Å²) < 4.78 is 5.26. The van der Waals surface area contributed by atoms with Gasteiger partial charge in [-0.3, -0.25) is 4.79 Å². The lowest BCUT2D eigenvalue weighted by atomic mass is 10.1. The molecule has 0 saturated carbocycles. The molecule has 1 aromatic rings. The van der Waals surface area contributed by atoms with E-state index in [-0.39, 0.29) is 0 Å². The minimum atomic E-state index is 0.639. The van der Waals surface area contributed by atoms with E-state index in [0.717, 1.165) is 17.7 Å². The monoisotopic (exact) mass is 147 g/mol. The summed E-state index contributed by atoms with van der Waals surface area (Å²) >= 11 is 0. The Bertz CT molecular complexity index is 292. The molecule has 2 heteroatoms. The van der Waals surface area contributed by atoms with Gasteiger partial charge in [-0.2, -0.15) is 0 Å². The molecule has 0 aromatic heterocycles. The van der Waals surface area contributed by atoms with Gasteiger partial charge < -0.3 is 4.74 Å². The average Bonchev–Trinajstić information content (AvgIpc) is 2.50. The Morgan fingerprint density at radius 1 is 1.45 bits per heavy atom. The van der Waals surface area contributed by atoms with E-state index in [1.807, 2.05) is 18.4 Å². The Kier molecular flexibility index (Phi) is 1.39. The van der Waals surface area contributed by atoms with Gasteiger partial charge in [-0.05, 0) is 6.07 Å². The normalized spacial score (nSPS) is 13.8. The van der Waals surface area contributed by atoms with Gasteiger partial charge in [0.15, 0.2) is 0 Å². The van der Waals surface area contributed by atoms with Crippen LogP contribution in [-0.2, 0) is 11.2 Å². The smallest absolute Gasteiger partial charge is 0.233 e. The highest BCUT2D eigenvalue weighted by atomic mass is 16.5. The summed E-state index contributed by atoms with van der Waals surface area (Å²) in [6.45, 7) is 0.689. The summed E-state index contributed by atoms with van der Waals surface area (Å²) in [5.41, 5.74) is 1.64. The van der Waals surface area contributed by atoms with Crippen molar-refractivity contribution >= 4 is 6.29 Å². The molecule has 1 aliphatic heterocycles. The van der Waals surface area contributed by atoms with Crippen LogP contribution in [0.4, 0.5) is 0 Å². The minimum absolute atomic E-state index is 0.639.